The highest BCUT2D eigenvalue weighted by Crippen LogP contribution is 2.30. The zero-order chi connectivity index (χ0) is 17.2. The Labute approximate surface area is 158 Å². The second-order valence-electron chi connectivity index (χ2n) is 5.81. The quantitative estimate of drug-likeness (QED) is 0.411. The number of fused-ring (bicyclic) bond motifs is 1. The number of ether oxygens (including phenoxy) is 1. The number of hydrogen-bond donors (Lipinski definition) is 1. The summed E-state index contributed by atoms with van der Waals surface area (Å²) in [5.74, 6) is 0.338. The molecule has 3 rings (SSSR count). The molecule has 0 saturated heterocycles. The molecule has 7 heteroatoms. The number of amides is 1. The molecule has 1 fully saturated rings. The van der Waals surface area contributed by atoms with Crippen LogP contribution in [0.15, 0.2) is 30.5 Å². The maximum Gasteiger partial charge on any atom is 0.272 e. The fraction of sp³-hybridized carbons (Fsp3) is 0.353. The molecule has 1 aliphatic carbocycles. The van der Waals surface area contributed by atoms with Crippen LogP contribution in [0.25, 0.3) is 10.9 Å². The van der Waals surface area contributed by atoms with E-state index in [0.717, 1.165) is 27.2 Å². The number of aromatic nitrogens is 1. The maximum atomic E-state index is 12.4. The van der Waals surface area contributed by atoms with Crippen LogP contribution in [0.5, 0.6) is 5.75 Å². The van der Waals surface area contributed by atoms with Crippen molar-refractivity contribution >= 4 is 57.4 Å². The van der Waals surface area contributed by atoms with Gasteiger partial charge in [0.1, 0.15) is 12.0 Å². The lowest BCUT2D eigenvalue weighted by atomic mass is 9.78. The number of hydrogen-bond acceptors (Lipinski definition) is 5. The Morgan fingerprint density at radius 2 is 2.25 bits per heavy atom. The van der Waals surface area contributed by atoms with E-state index >= 15 is 0 Å². The van der Waals surface area contributed by atoms with Gasteiger partial charge in [0.05, 0.1) is 11.1 Å². The highest BCUT2D eigenvalue weighted by Gasteiger charge is 2.39. The molecule has 2 aromatic rings. The molecule has 24 heavy (non-hydrogen) atoms. The van der Waals surface area contributed by atoms with Crippen LogP contribution in [0.3, 0.4) is 0 Å². The Morgan fingerprint density at radius 1 is 1.46 bits per heavy atom. The molecule has 1 aromatic carbocycles. The number of carbonyl (C=O) groups excluding carboxylic acids is 2. The third-order valence-corrected chi connectivity index (χ3v) is 5.46. The van der Waals surface area contributed by atoms with E-state index in [9.17, 15) is 9.59 Å². The molecule has 0 spiro atoms. The van der Waals surface area contributed by atoms with Crippen molar-refractivity contribution in [3.8, 4) is 5.75 Å². The second-order valence-corrected chi connectivity index (χ2v) is 7.96. The summed E-state index contributed by atoms with van der Waals surface area (Å²) in [7, 11) is 0. The molecule has 1 atom stereocenters. The first-order valence-electron chi connectivity index (χ1n) is 7.58. The van der Waals surface area contributed by atoms with E-state index in [4.69, 9.17) is 4.74 Å². The van der Waals surface area contributed by atoms with E-state index in [1.807, 2.05) is 24.5 Å². The van der Waals surface area contributed by atoms with Gasteiger partial charge in [0.25, 0.3) is 5.91 Å². The topological polar surface area (TPSA) is 68.3 Å². The number of halogens is 1. The summed E-state index contributed by atoms with van der Waals surface area (Å²) < 4.78 is 6.87. The van der Waals surface area contributed by atoms with Crippen molar-refractivity contribution < 1.29 is 14.3 Å². The highest BCUT2D eigenvalue weighted by atomic mass is 127. The molecule has 1 aliphatic rings. The van der Waals surface area contributed by atoms with Gasteiger partial charge in [-0.05, 0) is 72.4 Å². The first-order valence-corrected chi connectivity index (χ1v) is 9.95. The summed E-state index contributed by atoms with van der Waals surface area (Å²) in [5, 5.41) is 3.79. The normalized spacial score (nSPS) is 16.9. The summed E-state index contributed by atoms with van der Waals surface area (Å²) in [6.45, 7) is 0. The minimum atomic E-state index is -0.699. The zero-order valence-corrected chi connectivity index (χ0v) is 16.1. The van der Waals surface area contributed by atoms with Gasteiger partial charge in [-0.2, -0.15) is 0 Å². The summed E-state index contributed by atoms with van der Waals surface area (Å²) >= 11 is 3.51. The zero-order valence-electron chi connectivity index (χ0n) is 13.1. The van der Waals surface area contributed by atoms with Gasteiger partial charge in [-0.1, -0.05) is 0 Å². The van der Waals surface area contributed by atoms with Crippen molar-refractivity contribution in [3.05, 3.63) is 34.0 Å². The van der Waals surface area contributed by atoms with Gasteiger partial charge in [-0.3, -0.25) is 9.78 Å². The minimum absolute atomic E-state index is 0.268. The fourth-order valence-electron chi connectivity index (χ4n) is 2.62. The van der Waals surface area contributed by atoms with Gasteiger partial charge >= 0.3 is 0 Å². The number of pyridine rings is 1. The van der Waals surface area contributed by atoms with E-state index in [0.29, 0.717) is 18.6 Å². The van der Waals surface area contributed by atoms with E-state index in [2.05, 4.69) is 32.9 Å². The van der Waals surface area contributed by atoms with E-state index in [-0.39, 0.29) is 5.91 Å². The highest BCUT2D eigenvalue weighted by molar-refractivity contribution is 14.1. The van der Waals surface area contributed by atoms with Crippen LogP contribution in [-0.4, -0.2) is 34.4 Å². The molecule has 1 aromatic heterocycles. The number of rotatable bonds is 6. The van der Waals surface area contributed by atoms with Crippen molar-refractivity contribution in [2.75, 3.05) is 6.26 Å². The monoisotopic (exact) mass is 456 g/mol. The van der Waals surface area contributed by atoms with Crippen LogP contribution in [0.2, 0.25) is 0 Å². The van der Waals surface area contributed by atoms with E-state index < -0.39 is 11.0 Å². The fourth-order valence-corrected chi connectivity index (χ4v) is 3.58. The van der Waals surface area contributed by atoms with Crippen molar-refractivity contribution in [1.82, 2.24) is 10.3 Å². The first kappa shape index (κ1) is 17.5. The van der Waals surface area contributed by atoms with Gasteiger partial charge < -0.3 is 14.8 Å². The molecule has 1 unspecified atom stereocenters. The maximum absolute atomic E-state index is 12.4. The predicted molar refractivity (Wildman–Crippen MR) is 103 cm³/mol. The number of nitrogens with one attached hydrogen (secondary N) is 1. The lowest BCUT2D eigenvalue weighted by Crippen LogP contribution is -2.57. The van der Waals surface area contributed by atoms with Crippen molar-refractivity contribution in [3.63, 3.8) is 0 Å². The Hall–Kier alpha value is -1.35. The summed E-state index contributed by atoms with van der Waals surface area (Å²) in [4.78, 5) is 28.0. The summed E-state index contributed by atoms with van der Waals surface area (Å²) in [5.41, 5.74) is -0.518. The smallest absolute Gasteiger partial charge is 0.272 e. The molecule has 0 aliphatic heterocycles. The molecule has 1 heterocycles. The molecule has 0 bridgehead atoms. The van der Waals surface area contributed by atoms with Crippen LogP contribution in [0.4, 0.5) is 0 Å². The van der Waals surface area contributed by atoms with E-state index in [1.54, 1.807) is 12.3 Å². The number of carbonyl (C=O) groups is 2. The Morgan fingerprint density at radius 3 is 2.88 bits per heavy atom. The third kappa shape index (κ3) is 3.66. The molecule has 1 saturated carbocycles. The number of aldehydes is 1. The minimum Gasteiger partial charge on any atom is -0.470 e. The molecule has 1 N–H and O–H groups in total. The van der Waals surface area contributed by atoms with Gasteiger partial charge in [0.2, 0.25) is 5.44 Å². The lowest BCUT2D eigenvalue weighted by Gasteiger charge is -2.38. The third-order valence-electron chi connectivity index (χ3n) is 4.13. The molecular weight excluding hydrogens is 439 g/mol. The van der Waals surface area contributed by atoms with Gasteiger partial charge in [-0.15, -0.1) is 11.8 Å². The van der Waals surface area contributed by atoms with Crippen molar-refractivity contribution in [2.45, 2.75) is 30.2 Å². The lowest BCUT2D eigenvalue weighted by molar-refractivity contribution is -0.131. The Balaban J connectivity index is 1.74. The molecule has 1 amide bonds. The Bertz CT molecular complexity index is 780. The van der Waals surface area contributed by atoms with E-state index in [1.165, 1.54) is 11.8 Å². The number of benzene rings is 1. The van der Waals surface area contributed by atoms with Gasteiger partial charge in [0.15, 0.2) is 0 Å². The van der Waals surface area contributed by atoms with Crippen molar-refractivity contribution in [2.24, 2.45) is 0 Å². The Kier molecular flexibility index (Phi) is 5.29. The van der Waals surface area contributed by atoms with Crippen molar-refractivity contribution in [1.29, 1.82) is 0 Å². The van der Waals surface area contributed by atoms with Gasteiger partial charge in [0, 0.05) is 15.2 Å². The summed E-state index contributed by atoms with van der Waals surface area (Å²) in [6, 6.07) is 7.56. The number of thioether (sulfide) groups is 1. The SMILES string of the molecule is CSC(Oc1ccc2ncc(I)cc2c1)C(=O)NC1(C=O)CCC1. The molecule has 0 radical (unpaired) electrons. The molecular formula is C17H17IN2O3S. The standard InChI is InChI=1S/C17H17IN2O3S/c1-24-16(15(22)20-17(10-21)5-2-6-17)23-13-3-4-14-11(8-13)7-12(18)9-19-14/h3-4,7-10,16H,2,5-6H2,1H3,(H,20,22). The van der Waals surface area contributed by atoms with Crippen LogP contribution >= 0.6 is 34.4 Å². The number of nitrogens with zero attached hydrogens (tertiary/aromatic N) is 1. The van der Waals surface area contributed by atoms with Gasteiger partial charge in [-0.25, -0.2) is 0 Å². The van der Waals surface area contributed by atoms with Crippen LogP contribution in [0.1, 0.15) is 19.3 Å². The predicted octanol–water partition coefficient (Wildman–Crippen LogP) is 3.15. The summed E-state index contributed by atoms with van der Waals surface area (Å²) in [6.07, 6.45) is 6.81. The first-order chi connectivity index (χ1) is 11.5. The van der Waals surface area contributed by atoms with Crippen LogP contribution < -0.4 is 10.1 Å². The average molecular weight is 456 g/mol. The molecule has 5 nitrogen and oxygen atoms in total. The molecule has 126 valence electrons. The van der Waals surface area contributed by atoms with Crippen LogP contribution in [0, 0.1) is 3.57 Å². The van der Waals surface area contributed by atoms with Crippen LogP contribution in [-0.2, 0) is 9.59 Å². The largest absolute Gasteiger partial charge is 0.470 e. The second kappa shape index (κ2) is 7.26. The average Bonchev–Trinajstić information content (AvgIpc) is 2.55.